The van der Waals surface area contributed by atoms with E-state index in [1.165, 1.54) is 23.4 Å². The standard InChI is InChI=1S/C14H14N4.C8H13NS.C6H10O/c1-4-10-9(2)18(3)8-11(10)12-7-13-14(17-12)16-6-5-15-13;1-9-6-2-4-8-5-3-7-10-8;1-3-4-6(2)5-7/h4-8H,1H2,2-3H3,(H,16,17);3,5,7,9H,2,4,6H2,1H3;3-6H,1-2H3/b;;4-3-. The first kappa shape index (κ1) is 28.0. The highest BCUT2D eigenvalue weighted by molar-refractivity contribution is 7.09. The van der Waals surface area contributed by atoms with E-state index in [4.69, 9.17) is 0 Å². The normalized spacial score (nSPS) is 11.5. The minimum Gasteiger partial charge on any atom is -0.353 e. The van der Waals surface area contributed by atoms with Crippen LogP contribution in [0.15, 0.2) is 60.9 Å². The van der Waals surface area contributed by atoms with E-state index in [0.717, 1.165) is 40.8 Å². The molecule has 0 aliphatic heterocycles. The molecule has 4 aromatic heterocycles. The maximum atomic E-state index is 9.84. The predicted octanol–water partition coefficient (Wildman–Crippen LogP) is 6.21. The van der Waals surface area contributed by atoms with Crippen LogP contribution in [0.5, 0.6) is 0 Å². The van der Waals surface area contributed by atoms with E-state index in [9.17, 15) is 4.79 Å². The van der Waals surface area contributed by atoms with Gasteiger partial charge in [-0.2, -0.15) is 0 Å². The molecule has 0 amide bonds. The number of H-pyrrole nitrogens is 1. The van der Waals surface area contributed by atoms with Crippen LogP contribution in [0.4, 0.5) is 0 Å². The zero-order valence-electron chi connectivity index (χ0n) is 21.4. The fourth-order valence-corrected chi connectivity index (χ4v) is 4.21. The second kappa shape index (κ2) is 14.9. The maximum Gasteiger partial charge on any atom is 0.156 e. The van der Waals surface area contributed by atoms with Gasteiger partial charge in [-0.05, 0) is 57.8 Å². The molecule has 2 N–H and O–H groups in total. The highest BCUT2D eigenvalue weighted by Gasteiger charge is 2.12. The summed E-state index contributed by atoms with van der Waals surface area (Å²) in [7, 11) is 4.03. The first-order chi connectivity index (χ1) is 16.9. The van der Waals surface area contributed by atoms with Gasteiger partial charge in [-0.1, -0.05) is 37.8 Å². The first-order valence-electron chi connectivity index (χ1n) is 11.8. The number of hydrogen-bond acceptors (Lipinski definition) is 5. The van der Waals surface area contributed by atoms with E-state index in [2.05, 4.69) is 62.0 Å². The molecule has 4 rings (SSSR count). The monoisotopic (exact) mass is 491 g/mol. The second-order valence-corrected chi connectivity index (χ2v) is 9.17. The summed E-state index contributed by atoms with van der Waals surface area (Å²) < 4.78 is 2.10. The van der Waals surface area contributed by atoms with E-state index in [1.54, 1.807) is 12.4 Å². The Labute approximate surface area is 212 Å². The van der Waals surface area contributed by atoms with Gasteiger partial charge in [0.1, 0.15) is 11.8 Å². The van der Waals surface area contributed by atoms with Crippen molar-refractivity contribution in [2.24, 2.45) is 13.0 Å². The van der Waals surface area contributed by atoms with E-state index >= 15 is 0 Å². The lowest BCUT2D eigenvalue weighted by molar-refractivity contribution is -0.109. The molecule has 1 atom stereocenters. The van der Waals surface area contributed by atoms with Crippen molar-refractivity contribution in [1.82, 2.24) is 24.8 Å². The number of aromatic nitrogens is 4. The Bertz CT molecular complexity index is 1170. The summed E-state index contributed by atoms with van der Waals surface area (Å²) in [6, 6.07) is 6.32. The third-order valence-corrected chi connectivity index (χ3v) is 6.36. The van der Waals surface area contributed by atoms with Crippen LogP contribution in [0.25, 0.3) is 28.5 Å². The number of aldehydes is 1. The van der Waals surface area contributed by atoms with Crippen molar-refractivity contribution >= 4 is 34.9 Å². The summed E-state index contributed by atoms with van der Waals surface area (Å²) >= 11 is 1.85. The number of nitrogens with zero attached hydrogens (tertiary/aromatic N) is 3. The van der Waals surface area contributed by atoms with Crippen molar-refractivity contribution in [2.45, 2.75) is 33.6 Å². The summed E-state index contributed by atoms with van der Waals surface area (Å²) in [6.45, 7) is 10.8. The van der Waals surface area contributed by atoms with Gasteiger partial charge >= 0.3 is 0 Å². The molecule has 35 heavy (non-hydrogen) atoms. The minimum atomic E-state index is 0.0880. The van der Waals surface area contributed by atoms with Gasteiger partial charge in [0.2, 0.25) is 0 Å². The Kier molecular flexibility index (Phi) is 11.9. The van der Waals surface area contributed by atoms with Crippen LogP contribution in [0.1, 0.15) is 36.4 Å². The number of fused-ring (bicyclic) bond motifs is 1. The zero-order chi connectivity index (χ0) is 25.6. The number of thiophene rings is 1. The molecule has 4 aromatic rings. The lowest BCUT2D eigenvalue weighted by Crippen LogP contribution is -2.07. The molecule has 4 heterocycles. The number of carbonyl (C=O) groups excluding carboxylic acids is 1. The lowest BCUT2D eigenvalue weighted by atomic mass is 10.1. The first-order valence-corrected chi connectivity index (χ1v) is 12.7. The summed E-state index contributed by atoms with van der Waals surface area (Å²) in [5, 5.41) is 5.27. The topological polar surface area (TPSA) is 75.6 Å². The number of rotatable bonds is 8. The quantitative estimate of drug-likeness (QED) is 0.174. The molecule has 0 radical (unpaired) electrons. The fourth-order valence-electron chi connectivity index (χ4n) is 3.46. The van der Waals surface area contributed by atoms with Crippen molar-refractivity contribution in [3.63, 3.8) is 0 Å². The molecule has 0 fully saturated rings. The SMILES string of the molecule is C/C=C\C(C)C=O.C=Cc1c(-c2cc3nccnc3[nH]2)cn(C)c1C.CNCCCc1cccs1. The minimum absolute atomic E-state index is 0.0880. The van der Waals surface area contributed by atoms with Crippen LogP contribution in [0.3, 0.4) is 0 Å². The van der Waals surface area contributed by atoms with Crippen molar-refractivity contribution in [3.8, 4) is 11.3 Å². The molecule has 0 bridgehead atoms. The number of nitrogens with one attached hydrogen (secondary N) is 2. The fraction of sp³-hybridized carbons (Fsp3) is 0.321. The van der Waals surface area contributed by atoms with Crippen LogP contribution >= 0.6 is 11.3 Å². The molecule has 0 saturated carbocycles. The summed E-state index contributed by atoms with van der Waals surface area (Å²) in [4.78, 5) is 23.2. The number of allylic oxidation sites excluding steroid dienone is 2. The smallest absolute Gasteiger partial charge is 0.156 e. The molecule has 6 nitrogen and oxygen atoms in total. The molecule has 0 aliphatic rings. The molecule has 1 unspecified atom stereocenters. The third kappa shape index (κ3) is 8.46. The largest absolute Gasteiger partial charge is 0.353 e. The third-order valence-electron chi connectivity index (χ3n) is 5.43. The van der Waals surface area contributed by atoms with Gasteiger partial charge in [0.25, 0.3) is 0 Å². The lowest BCUT2D eigenvalue weighted by Gasteiger charge is -1.97. The Hall–Kier alpha value is -3.29. The van der Waals surface area contributed by atoms with Gasteiger partial charge in [0, 0.05) is 53.3 Å². The van der Waals surface area contributed by atoms with Gasteiger partial charge in [-0.3, -0.25) is 4.98 Å². The number of hydrogen-bond donors (Lipinski definition) is 2. The molecular formula is C28H37N5OS. The Morgan fingerprint density at radius 2 is 2.09 bits per heavy atom. The maximum absolute atomic E-state index is 9.84. The van der Waals surface area contributed by atoms with Crippen molar-refractivity contribution in [1.29, 1.82) is 0 Å². The van der Waals surface area contributed by atoms with Crippen LogP contribution < -0.4 is 5.32 Å². The number of carbonyl (C=O) groups is 1. The molecular weight excluding hydrogens is 454 g/mol. The van der Waals surface area contributed by atoms with E-state index in [0.29, 0.717) is 0 Å². The van der Waals surface area contributed by atoms with Gasteiger partial charge < -0.3 is 19.7 Å². The summed E-state index contributed by atoms with van der Waals surface area (Å²) in [5.74, 6) is 0.0880. The molecule has 0 spiro atoms. The van der Waals surface area contributed by atoms with Crippen molar-refractivity contribution in [3.05, 3.63) is 77.0 Å². The van der Waals surface area contributed by atoms with E-state index < -0.39 is 0 Å². The van der Waals surface area contributed by atoms with Gasteiger partial charge in [0.15, 0.2) is 5.65 Å². The summed E-state index contributed by atoms with van der Waals surface area (Å²) in [6.07, 6.45) is 14.5. The zero-order valence-corrected chi connectivity index (χ0v) is 22.2. The Morgan fingerprint density at radius 3 is 2.66 bits per heavy atom. The number of aryl methyl sites for hydroxylation is 2. The van der Waals surface area contributed by atoms with Crippen LogP contribution in [-0.4, -0.2) is 39.4 Å². The Balaban J connectivity index is 0.000000215. The Morgan fingerprint density at radius 1 is 1.31 bits per heavy atom. The molecule has 0 aliphatic carbocycles. The van der Waals surface area contributed by atoms with Crippen LogP contribution in [-0.2, 0) is 18.3 Å². The highest BCUT2D eigenvalue weighted by atomic mass is 32.1. The van der Waals surface area contributed by atoms with Crippen molar-refractivity contribution in [2.75, 3.05) is 13.6 Å². The van der Waals surface area contributed by atoms with Crippen LogP contribution in [0.2, 0.25) is 0 Å². The molecule has 0 saturated heterocycles. The second-order valence-electron chi connectivity index (χ2n) is 8.14. The van der Waals surface area contributed by atoms with Gasteiger partial charge in [0.05, 0.1) is 5.69 Å². The average Bonchev–Trinajstić information content (AvgIpc) is 3.60. The molecule has 186 valence electrons. The van der Waals surface area contributed by atoms with Gasteiger partial charge in [-0.25, -0.2) is 4.98 Å². The number of aromatic amines is 1. The molecule has 0 aromatic carbocycles. The van der Waals surface area contributed by atoms with Gasteiger partial charge in [-0.15, -0.1) is 11.3 Å². The molecule has 7 heteroatoms. The highest BCUT2D eigenvalue weighted by Crippen LogP contribution is 2.29. The summed E-state index contributed by atoms with van der Waals surface area (Å²) in [5.41, 5.74) is 6.18. The van der Waals surface area contributed by atoms with Crippen LogP contribution in [0, 0.1) is 12.8 Å². The van der Waals surface area contributed by atoms with Crippen molar-refractivity contribution < 1.29 is 4.79 Å². The van der Waals surface area contributed by atoms with E-state index in [1.807, 2.05) is 63.6 Å². The predicted molar refractivity (Wildman–Crippen MR) is 150 cm³/mol. The van der Waals surface area contributed by atoms with E-state index in [-0.39, 0.29) is 5.92 Å². The average molecular weight is 492 g/mol.